The standard InChI is InChI=1S/C13H13F2N3/c14-11-7-6-9(13(16)12(11)15)8-17-18-10-4-2-1-3-5-10/h1-7,17-18H,8,16H2. The van der Waals surface area contributed by atoms with E-state index in [9.17, 15) is 8.78 Å². The molecule has 0 heterocycles. The number of halogens is 2. The van der Waals surface area contributed by atoms with Crippen LogP contribution >= 0.6 is 0 Å². The van der Waals surface area contributed by atoms with Gasteiger partial charge in [-0.15, -0.1) is 0 Å². The van der Waals surface area contributed by atoms with E-state index in [-0.39, 0.29) is 12.2 Å². The van der Waals surface area contributed by atoms with Crippen LogP contribution in [0.1, 0.15) is 5.56 Å². The fraction of sp³-hybridized carbons (Fsp3) is 0.0769. The van der Waals surface area contributed by atoms with Crippen molar-refractivity contribution in [3.05, 3.63) is 59.7 Å². The maximum Gasteiger partial charge on any atom is 0.181 e. The molecule has 4 N–H and O–H groups in total. The molecule has 2 rings (SSSR count). The summed E-state index contributed by atoms with van der Waals surface area (Å²) in [6.07, 6.45) is 0. The number of anilines is 2. The first kappa shape index (κ1) is 12.3. The molecule has 0 fully saturated rings. The van der Waals surface area contributed by atoms with Crippen molar-refractivity contribution in [2.75, 3.05) is 11.2 Å². The summed E-state index contributed by atoms with van der Waals surface area (Å²) < 4.78 is 26.0. The summed E-state index contributed by atoms with van der Waals surface area (Å²) in [4.78, 5) is 0. The van der Waals surface area contributed by atoms with Crippen LogP contribution in [0.4, 0.5) is 20.2 Å². The average Bonchev–Trinajstić information content (AvgIpc) is 2.40. The maximum atomic E-state index is 13.2. The van der Waals surface area contributed by atoms with E-state index in [1.807, 2.05) is 30.3 Å². The van der Waals surface area contributed by atoms with E-state index >= 15 is 0 Å². The van der Waals surface area contributed by atoms with Gasteiger partial charge in [0.2, 0.25) is 0 Å². The molecule has 0 spiro atoms. The molecule has 0 amide bonds. The van der Waals surface area contributed by atoms with Crippen LogP contribution in [0.2, 0.25) is 0 Å². The highest BCUT2D eigenvalue weighted by atomic mass is 19.2. The largest absolute Gasteiger partial charge is 0.396 e. The summed E-state index contributed by atoms with van der Waals surface area (Å²) >= 11 is 0. The van der Waals surface area contributed by atoms with Crippen molar-refractivity contribution in [2.45, 2.75) is 6.54 Å². The zero-order valence-corrected chi connectivity index (χ0v) is 9.58. The average molecular weight is 249 g/mol. The highest BCUT2D eigenvalue weighted by Crippen LogP contribution is 2.18. The van der Waals surface area contributed by atoms with Crippen molar-refractivity contribution in [1.82, 2.24) is 5.43 Å². The monoisotopic (exact) mass is 249 g/mol. The van der Waals surface area contributed by atoms with Crippen LogP contribution in [0.5, 0.6) is 0 Å². The first-order valence-electron chi connectivity index (χ1n) is 5.45. The number of hydrogen-bond acceptors (Lipinski definition) is 3. The van der Waals surface area contributed by atoms with E-state index in [1.165, 1.54) is 6.07 Å². The minimum Gasteiger partial charge on any atom is -0.396 e. The summed E-state index contributed by atoms with van der Waals surface area (Å²) in [6.45, 7) is 0.290. The second kappa shape index (κ2) is 5.46. The van der Waals surface area contributed by atoms with Gasteiger partial charge in [0.15, 0.2) is 11.6 Å². The number of nitrogens with one attached hydrogen (secondary N) is 2. The molecule has 0 aliphatic rings. The number of para-hydroxylation sites is 1. The number of hydrazine groups is 1. The Balaban J connectivity index is 1.97. The van der Waals surface area contributed by atoms with Gasteiger partial charge in [0.25, 0.3) is 0 Å². The summed E-state index contributed by atoms with van der Waals surface area (Å²) in [5.74, 6) is -1.94. The summed E-state index contributed by atoms with van der Waals surface area (Å²) in [5, 5.41) is 0. The lowest BCUT2D eigenvalue weighted by atomic mass is 10.1. The lowest BCUT2D eigenvalue weighted by molar-refractivity contribution is 0.510. The van der Waals surface area contributed by atoms with Crippen LogP contribution in [0.15, 0.2) is 42.5 Å². The highest BCUT2D eigenvalue weighted by molar-refractivity contribution is 5.49. The van der Waals surface area contributed by atoms with Crippen molar-refractivity contribution in [3.63, 3.8) is 0 Å². The first-order chi connectivity index (χ1) is 8.68. The zero-order valence-electron chi connectivity index (χ0n) is 9.58. The van der Waals surface area contributed by atoms with Gasteiger partial charge in [-0.3, -0.25) is 0 Å². The first-order valence-corrected chi connectivity index (χ1v) is 5.45. The molecule has 3 nitrogen and oxygen atoms in total. The fourth-order valence-electron chi connectivity index (χ4n) is 1.52. The Morgan fingerprint density at radius 3 is 2.44 bits per heavy atom. The smallest absolute Gasteiger partial charge is 0.181 e. The minimum absolute atomic E-state index is 0.169. The normalized spacial score (nSPS) is 10.3. The van der Waals surface area contributed by atoms with Crippen molar-refractivity contribution in [1.29, 1.82) is 0 Å². The summed E-state index contributed by atoms with van der Waals surface area (Å²) in [6, 6.07) is 11.9. The van der Waals surface area contributed by atoms with Crippen LogP contribution < -0.4 is 16.6 Å². The van der Waals surface area contributed by atoms with Crippen LogP contribution in [0.3, 0.4) is 0 Å². The molecule has 0 radical (unpaired) electrons. The summed E-state index contributed by atoms with van der Waals surface area (Å²) in [7, 11) is 0. The molecule has 0 saturated carbocycles. The Hall–Kier alpha value is -2.14. The molecule has 18 heavy (non-hydrogen) atoms. The van der Waals surface area contributed by atoms with Crippen molar-refractivity contribution in [3.8, 4) is 0 Å². The van der Waals surface area contributed by atoms with Gasteiger partial charge < -0.3 is 11.2 Å². The molecule has 2 aromatic rings. The third kappa shape index (κ3) is 2.75. The Kier molecular flexibility index (Phi) is 3.74. The van der Waals surface area contributed by atoms with Gasteiger partial charge in [-0.05, 0) is 23.8 Å². The van der Waals surface area contributed by atoms with Gasteiger partial charge in [-0.25, -0.2) is 14.2 Å². The molecule has 0 bridgehead atoms. The number of hydrogen-bond donors (Lipinski definition) is 3. The number of rotatable bonds is 4. The van der Waals surface area contributed by atoms with E-state index in [2.05, 4.69) is 10.9 Å². The topological polar surface area (TPSA) is 50.1 Å². The molecular formula is C13H13F2N3. The lowest BCUT2D eigenvalue weighted by Gasteiger charge is -2.10. The predicted octanol–water partition coefficient (Wildman–Crippen LogP) is 2.66. The molecule has 0 aliphatic heterocycles. The Morgan fingerprint density at radius 2 is 1.72 bits per heavy atom. The molecule has 0 saturated heterocycles. The van der Waals surface area contributed by atoms with Crippen molar-refractivity contribution >= 4 is 11.4 Å². The molecule has 0 unspecified atom stereocenters. The van der Waals surface area contributed by atoms with E-state index in [4.69, 9.17) is 5.73 Å². The van der Waals surface area contributed by atoms with Gasteiger partial charge >= 0.3 is 0 Å². The van der Waals surface area contributed by atoms with Crippen LogP contribution in [0, 0.1) is 11.6 Å². The second-order valence-electron chi connectivity index (χ2n) is 3.78. The number of nitrogen functional groups attached to an aromatic ring is 1. The second-order valence-corrected chi connectivity index (χ2v) is 3.78. The predicted molar refractivity (Wildman–Crippen MR) is 67.7 cm³/mol. The maximum absolute atomic E-state index is 13.2. The van der Waals surface area contributed by atoms with Gasteiger partial charge in [-0.2, -0.15) is 0 Å². The lowest BCUT2D eigenvalue weighted by Crippen LogP contribution is -2.21. The van der Waals surface area contributed by atoms with Crippen molar-refractivity contribution < 1.29 is 8.78 Å². The molecular weight excluding hydrogens is 236 g/mol. The number of benzene rings is 2. The Bertz CT molecular complexity index is 529. The van der Waals surface area contributed by atoms with Gasteiger partial charge in [0.05, 0.1) is 5.69 Å². The van der Waals surface area contributed by atoms with E-state index in [0.717, 1.165) is 11.8 Å². The molecule has 5 heteroatoms. The van der Waals surface area contributed by atoms with E-state index < -0.39 is 11.6 Å². The third-order valence-corrected chi connectivity index (χ3v) is 2.51. The van der Waals surface area contributed by atoms with Crippen molar-refractivity contribution in [2.24, 2.45) is 0 Å². The molecule has 0 aromatic heterocycles. The van der Waals surface area contributed by atoms with Gasteiger partial charge in [0, 0.05) is 12.2 Å². The third-order valence-electron chi connectivity index (χ3n) is 2.51. The summed E-state index contributed by atoms with van der Waals surface area (Å²) in [5.41, 5.74) is 12.5. The highest BCUT2D eigenvalue weighted by Gasteiger charge is 2.09. The zero-order chi connectivity index (χ0) is 13.0. The van der Waals surface area contributed by atoms with Crippen LogP contribution in [-0.4, -0.2) is 0 Å². The van der Waals surface area contributed by atoms with Gasteiger partial charge in [-0.1, -0.05) is 24.3 Å². The Morgan fingerprint density at radius 1 is 1.00 bits per heavy atom. The SMILES string of the molecule is Nc1c(CNNc2ccccc2)ccc(F)c1F. The number of nitrogens with two attached hydrogens (primary N) is 1. The van der Waals surface area contributed by atoms with Crippen LogP contribution in [-0.2, 0) is 6.54 Å². The van der Waals surface area contributed by atoms with E-state index in [0.29, 0.717) is 5.56 Å². The molecule has 94 valence electrons. The van der Waals surface area contributed by atoms with Gasteiger partial charge in [0.1, 0.15) is 0 Å². The minimum atomic E-state index is -1.01. The van der Waals surface area contributed by atoms with E-state index in [1.54, 1.807) is 0 Å². The fourth-order valence-corrected chi connectivity index (χ4v) is 1.52. The molecule has 0 atom stereocenters. The molecule has 0 aliphatic carbocycles. The Labute approximate surface area is 104 Å². The quantitative estimate of drug-likeness (QED) is 0.576. The molecule has 2 aromatic carbocycles. The van der Waals surface area contributed by atoms with Crippen LogP contribution in [0.25, 0.3) is 0 Å².